The molecule has 0 saturated carbocycles. The molecule has 1 aliphatic heterocycles. The Morgan fingerprint density at radius 2 is 2.17 bits per heavy atom. The van der Waals surface area contributed by atoms with Gasteiger partial charge in [-0.15, -0.1) is 0 Å². The predicted octanol–water partition coefficient (Wildman–Crippen LogP) is 1.69. The van der Waals surface area contributed by atoms with Crippen LogP contribution in [0.15, 0.2) is 24.4 Å². The third-order valence-corrected chi connectivity index (χ3v) is 4.04. The van der Waals surface area contributed by atoms with E-state index in [2.05, 4.69) is 37.2 Å². The van der Waals surface area contributed by atoms with Crippen molar-refractivity contribution in [1.29, 1.82) is 0 Å². The van der Waals surface area contributed by atoms with Crippen molar-refractivity contribution >= 4 is 16.7 Å². The van der Waals surface area contributed by atoms with E-state index < -0.39 is 0 Å². The van der Waals surface area contributed by atoms with Crippen molar-refractivity contribution in [2.45, 2.75) is 6.54 Å². The maximum absolute atomic E-state index is 10.9. The van der Waals surface area contributed by atoms with Gasteiger partial charge in [0.05, 0.1) is 36.1 Å². The third-order valence-electron chi connectivity index (χ3n) is 4.04. The number of imidazole rings is 1. The molecule has 0 radical (unpaired) electrons. The second-order valence-corrected chi connectivity index (χ2v) is 5.59. The highest BCUT2D eigenvalue weighted by molar-refractivity contribution is 5.82. The Hall–Kier alpha value is -2.42. The van der Waals surface area contributed by atoms with Gasteiger partial charge in [0.15, 0.2) is 5.82 Å². The largest absolute Gasteiger partial charge is 0.761 e. The summed E-state index contributed by atoms with van der Waals surface area (Å²) in [5.74, 6) is 0.597. The van der Waals surface area contributed by atoms with Gasteiger partial charge in [-0.25, -0.2) is 4.98 Å². The summed E-state index contributed by atoms with van der Waals surface area (Å²) in [6, 6.07) is 6.18. The zero-order valence-corrected chi connectivity index (χ0v) is 12.5. The zero-order chi connectivity index (χ0) is 15.6. The first kappa shape index (κ1) is 14.2. The normalized spacial score (nSPS) is 16.0. The van der Waals surface area contributed by atoms with E-state index in [1.807, 2.05) is 11.5 Å². The van der Waals surface area contributed by atoms with E-state index in [4.69, 9.17) is 4.74 Å². The number of hydrogen-bond acceptors (Lipinski definition) is 6. The molecule has 0 atom stereocenters. The van der Waals surface area contributed by atoms with Gasteiger partial charge in [-0.05, 0) is 17.7 Å². The molecule has 8 nitrogen and oxygen atoms in total. The summed E-state index contributed by atoms with van der Waals surface area (Å²) in [5.41, 5.74) is 5.82. The summed E-state index contributed by atoms with van der Waals surface area (Å²) >= 11 is 0. The van der Waals surface area contributed by atoms with Gasteiger partial charge in [0.25, 0.3) is 0 Å². The van der Waals surface area contributed by atoms with Crippen LogP contribution < -0.4 is 5.48 Å². The number of morpholine rings is 1. The number of rotatable bonds is 4. The topological polar surface area (TPSA) is 105 Å². The minimum Gasteiger partial charge on any atom is -0.761 e. The monoisotopic (exact) mass is 313 g/mol. The summed E-state index contributed by atoms with van der Waals surface area (Å²) in [5, 5.41) is 17.6. The van der Waals surface area contributed by atoms with Crippen molar-refractivity contribution in [2.75, 3.05) is 31.8 Å². The number of aromatic nitrogens is 4. The maximum atomic E-state index is 10.9. The third kappa shape index (κ3) is 2.79. The Balaban J connectivity index is 1.61. The maximum Gasteiger partial charge on any atom is 0.158 e. The number of fused-ring (bicyclic) bond motifs is 1. The van der Waals surface area contributed by atoms with Crippen molar-refractivity contribution in [3.63, 3.8) is 0 Å². The van der Waals surface area contributed by atoms with E-state index in [1.165, 1.54) is 11.8 Å². The standard InChI is InChI=1S/C15H17N6O2/c22-20-13-8-16-19-14(13)15-17-11-2-1-10(7-12(11)18-15)9-21-3-5-23-6-4-21/h1-2,7-8,20H,3-6,9H2,(H,16,19)(H,17,18)/q-1. The highest BCUT2D eigenvalue weighted by atomic mass is 16.5. The van der Waals surface area contributed by atoms with Crippen molar-refractivity contribution in [1.82, 2.24) is 25.1 Å². The predicted molar refractivity (Wildman–Crippen MR) is 86.8 cm³/mol. The van der Waals surface area contributed by atoms with Gasteiger partial charge in [-0.1, -0.05) is 6.07 Å². The number of nitrogens with one attached hydrogen (secondary N) is 3. The van der Waals surface area contributed by atoms with Gasteiger partial charge in [0.1, 0.15) is 5.69 Å². The van der Waals surface area contributed by atoms with E-state index in [9.17, 15) is 5.21 Å². The number of nitrogens with zero attached hydrogens (tertiary/aromatic N) is 3. The molecule has 23 heavy (non-hydrogen) atoms. The summed E-state index contributed by atoms with van der Waals surface area (Å²) in [4.78, 5) is 10.1. The van der Waals surface area contributed by atoms with Crippen molar-refractivity contribution in [3.05, 3.63) is 35.2 Å². The molecule has 3 N–H and O–H groups in total. The zero-order valence-electron chi connectivity index (χ0n) is 12.5. The van der Waals surface area contributed by atoms with E-state index in [1.54, 1.807) is 0 Å². The highest BCUT2D eigenvalue weighted by Crippen LogP contribution is 2.25. The molecule has 1 aromatic carbocycles. The number of hydrogen-bond donors (Lipinski definition) is 3. The van der Waals surface area contributed by atoms with Crippen LogP contribution >= 0.6 is 0 Å². The molecule has 8 heteroatoms. The first-order valence-electron chi connectivity index (χ1n) is 7.54. The molecular formula is C15H17N6O2-. The van der Waals surface area contributed by atoms with Crippen LogP contribution in [-0.2, 0) is 11.3 Å². The van der Waals surface area contributed by atoms with Gasteiger partial charge >= 0.3 is 0 Å². The molecule has 4 rings (SSSR count). The smallest absolute Gasteiger partial charge is 0.158 e. The Morgan fingerprint density at radius 3 is 3.00 bits per heavy atom. The van der Waals surface area contributed by atoms with E-state index in [-0.39, 0.29) is 0 Å². The lowest BCUT2D eigenvalue weighted by atomic mass is 10.2. The quantitative estimate of drug-likeness (QED) is 0.633. The molecule has 0 aliphatic carbocycles. The van der Waals surface area contributed by atoms with Gasteiger partial charge in [-0.2, -0.15) is 5.10 Å². The van der Waals surface area contributed by atoms with Crippen molar-refractivity contribution < 1.29 is 4.74 Å². The summed E-state index contributed by atoms with van der Waals surface area (Å²) in [7, 11) is 0. The average molecular weight is 313 g/mol. The molecule has 2 aromatic heterocycles. The Bertz CT molecular complexity index is 805. The van der Waals surface area contributed by atoms with Crippen LogP contribution in [0.3, 0.4) is 0 Å². The summed E-state index contributed by atoms with van der Waals surface area (Å²) in [6.07, 6.45) is 1.44. The van der Waals surface area contributed by atoms with Crippen molar-refractivity contribution in [3.8, 4) is 11.5 Å². The van der Waals surface area contributed by atoms with Crippen LogP contribution in [-0.4, -0.2) is 51.4 Å². The van der Waals surface area contributed by atoms with Crippen LogP contribution in [0.25, 0.3) is 22.6 Å². The molecule has 3 heterocycles. The fraction of sp³-hybridized carbons (Fsp3) is 0.333. The molecule has 0 bridgehead atoms. The highest BCUT2D eigenvalue weighted by Gasteiger charge is 2.13. The van der Waals surface area contributed by atoms with Crippen LogP contribution in [0.5, 0.6) is 0 Å². The summed E-state index contributed by atoms with van der Waals surface area (Å²) in [6.45, 7) is 4.39. The summed E-state index contributed by atoms with van der Waals surface area (Å²) < 4.78 is 5.38. The lowest BCUT2D eigenvalue weighted by Gasteiger charge is -2.26. The lowest BCUT2D eigenvalue weighted by molar-refractivity contribution is 0.0342. The molecule has 0 spiro atoms. The van der Waals surface area contributed by atoms with Crippen LogP contribution in [0.4, 0.5) is 5.69 Å². The van der Waals surface area contributed by atoms with Crippen LogP contribution in [0.1, 0.15) is 5.56 Å². The Morgan fingerprint density at radius 1 is 1.30 bits per heavy atom. The first-order chi connectivity index (χ1) is 11.3. The minimum absolute atomic E-state index is 0.373. The Labute approximate surface area is 132 Å². The Kier molecular flexibility index (Phi) is 3.70. The molecule has 1 saturated heterocycles. The van der Waals surface area contributed by atoms with Crippen LogP contribution in [0.2, 0.25) is 0 Å². The van der Waals surface area contributed by atoms with E-state index >= 15 is 0 Å². The van der Waals surface area contributed by atoms with Gasteiger partial charge in [0, 0.05) is 19.6 Å². The van der Waals surface area contributed by atoms with Crippen molar-refractivity contribution in [2.24, 2.45) is 0 Å². The van der Waals surface area contributed by atoms with E-state index in [0.717, 1.165) is 43.9 Å². The number of ether oxygens (including phenoxy) is 1. The number of anilines is 1. The first-order valence-corrected chi connectivity index (χ1v) is 7.54. The SMILES string of the molecule is [O-]Nc1cn[nH]c1-c1nc2ccc(CN3CCOCC3)cc2[nH]1. The molecular weight excluding hydrogens is 296 g/mol. The second-order valence-electron chi connectivity index (χ2n) is 5.59. The lowest BCUT2D eigenvalue weighted by Crippen LogP contribution is -2.35. The average Bonchev–Trinajstić information content (AvgIpc) is 3.21. The number of aromatic amines is 2. The molecule has 0 amide bonds. The van der Waals surface area contributed by atoms with Gasteiger partial charge < -0.3 is 20.4 Å². The van der Waals surface area contributed by atoms with Gasteiger partial charge in [0.2, 0.25) is 0 Å². The minimum atomic E-state index is 0.373. The fourth-order valence-corrected chi connectivity index (χ4v) is 2.84. The molecule has 3 aromatic rings. The molecule has 0 unspecified atom stereocenters. The molecule has 120 valence electrons. The number of H-pyrrole nitrogens is 2. The van der Waals surface area contributed by atoms with E-state index in [0.29, 0.717) is 17.2 Å². The fourth-order valence-electron chi connectivity index (χ4n) is 2.84. The number of benzene rings is 1. The van der Waals surface area contributed by atoms with Crippen LogP contribution in [0, 0.1) is 5.21 Å². The molecule has 1 aliphatic rings. The van der Waals surface area contributed by atoms with Gasteiger partial charge in [-0.3, -0.25) is 10.00 Å². The second kappa shape index (κ2) is 5.99. The molecule has 1 fully saturated rings.